The van der Waals surface area contributed by atoms with Gasteiger partial charge in [0.15, 0.2) is 6.10 Å². The van der Waals surface area contributed by atoms with Crippen LogP contribution in [0.3, 0.4) is 0 Å². The number of fused-ring (bicyclic) bond motifs is 6. The molecular formula is C37H28F3N3O7. The van der Waals surface area contributed by atoms with E-state index in [2.05, 4.69) is 20.4 Å². The standard InChI is InChI=1S/C37H28F3N3O7/c38-37(39,40)50-29-12-10-28(11-13-29)49-33(36(46)47)19-22-1-8-27(9-2-22)48-18-17-42-34(44)23-3-6-26(7-4-23)43-35(45)30-14-5-24-20-31(30)32-21-25(24)15-16-41-32/h1-16,20-21,33H,17-19H2,(H,42,44)(H,43,45)(H,46,47). The van der Waals surface area contributed by atoms with Gasteiger partial charge in [0.2, 0.25) is 0 Å². The van der Waals surface area contributed by atoms with Crippen LogP contribution in [0.2, 0.25) is 0 Å². The molecule has 4 bridgehead atoms. The van der Waals surface area contributed by atoms with Crippen molar-refractivity contribution in [1.29, 1.82) is 0 Å². The summed E-state index contributed by atoms with van der Waals surface area (Å²) in [4.78, 5) is 41.8. The fourth-order valence-corrected chi connectivity index (χ4v) is 5.23. The topological polar surface area (TPSA) is 136 Å². The highest BCUT2D eigenvalue weighted by Crippen LogP contribution is 2.28. The highest BCUT2D eigenvalue weighted by Gasteiger charge is 2.31. The van der Waals surface area contributed by atoms with E-state index in [4.69, 9.17) is 9.47 Å². The number of benzene rings is 5. The van der Waals surface area contributed by atoms with E-state index >= 15 is 0 Å². The van der Waals surface area contributed by atoms with Crippen LogP contribution in [0.25, 0.3) is 21.7 Å². The van der Waals surface area contributed by atoms with Crippen molar-refractivity contribution in [2.24, 2.45) is 0 Å². The van der Waals surface area contributed by atoms with Crippen molar-refractivity contribution < 1.29 is 46.9 Å². The lowest BCUT2D eigenvalue weighted by Gasteiger charge is -2.16. The van der Waals surface area contributed by atoms with Gasteiger partial charge in [-0.2, -0.15) is 0 Å². The number of aromatic nitrogens is 1. The number of nitrogens with zero attached hydrogens (tertiary/aromatic N) is 1. The van der Waals surface area contributed by atoms with Crippen molar-refractivity contribution in [3.63, 3.8) is 0 Å². The van der Waals surface area contributed by atoms with E-state index in [9.17, 15) is 32.7 Å². The number of anilines is 1. The van der Waals surface area contributed by atoms with Gasteiger partial charge in [-0.15, -0.1) is 13.2 Å². The summed E-state index contributed by atoms with van der Waals surface area (Å²) >= 11 is 0. The Labute approximate surface area is 282 Å². The molecule has 5 aromatic carbocycles. The number of carboxylic acid groups (broad SMARTS) is 1. The molecule has 0 fully saturated rings. The van der Waals surface area contributed by atoms with Crippen LogP contribution in [-0.2, 0) is 11.2 Å². The van der Waals surface area contributed by atoms with E-state index in [1.165, 1.54) is 12.1 Å². The smallest absolute Gasteiger partial charge is 0.492 e. The Morgan fingerprint density at radius 2 is 1.46 bits per heavy atom. The molecule has 2 amide bonds. The van der Waals surface area contributed by atoms with Crippen molar-refractivity contribution in [2.45, 2.75) is 18.9 Å². The lowest BCUT2D eigenvalue weighted by Crippen LogP contribution is -2.29. The number of amides is 2. The highest BCUT2D eigenvalue weighted by molar-refractivity contribution is 6.15. The molecule has 1 aromatic heterocycles. The molecule has 1 heterocycles. The molecule has 0 aliphatic rings. The zero-order chi connectivity index (χ0) is 35.3. The first kappa shape index (κ1) is 33.5. The Balaban J connectivity index is 0.944. The predicted octanol–water partition coefficient (Wildman–Crippen LogP) is 6.86. The van der Waals surface area contributed by atoms with Crippen LogP contribution in [0.15, 0.2) is 109 Å². The zero-order valence-corrected chi connectivity index (χ0v) is 26.1. The van der Waals surface area contributed by atoms with Gasteiger partial charge in [-0.05, 0) is 101 Å². The molecular weight excluding hydrogens is 655 g/mol. The summed E-state index contributed by atoms with van der Waals surface area (Å²) < 4.78 is 52.1. The van der Waals surface area contributed by atoms with Gasteiger partial charge in [-0.25, -0.2) is 4.79 Å². The van der Waals surface area contributed by atoms with Crippen LogP contribution in [0.5, 0.6) is 17.2 Å². The van der Waals surface area contributed by atoms with Crippen LogP contribution in [0.1, 0.15) is 26.3 Å². The van der Waals surface area contributed by atoms with Gasteiger partial charge in [0, 0.05) is 34.8 Å². The predicted molar refractivity (Wildman–Crippen MR) is 178 cm³/mol. The summed E-state index contributed by atoms with van der Waals surface area (Å²) in [5, 5.41) is 18.1. The molecule has 13 heteroatoms. The third kappa shape index (κ3) is 8.37. The number of pyridine rings is 1. The van der Waals surface area contributed by atoms with E-state index < -0.39 is 24.2 Å². The molecule has 1 atom stereocenters. The van der Waals surface area contributed by atoms with Crippen molar-refractivity contribution >= 4 is 45.1 Å². The zero-order valence-electron chi connectivity index (χ0n) is 26.1. The third-order valence-electron chi connectivity index (χ3n) is 7.65. The van der Waals surface area contributed by atoms with E-state index in [1.54, 1.807) is 60.8 Å². The van der Waals surface area contributed by atoms with Gasteiger partial charge in [-0.3, -0.25) is 14.6 Å². The van der Waals surface area contributed by atoms with Gasteiger partial charge in [0.25, 0.3) is 11.8 Å². The maximum Gasteiger partial charge on any atom is 0.573 e. The molecule has 3 N–H and O–H groups in total. The summed E-state index contributed by atoms with van der Waals surface area (Å²) in [7, 11) is 0. The maximum absolute atomic E-state index is 13.0. The number of carbonyl (C=O) groups excluding carboxylic acids is 2. The van der Waals surface area contributed by atoms with Gasteiger partial charge >= 0.3 is 12.3 Å². The van der Waals surface area contributed by atoms with E-state index in [0.717, 1.165) is 33.8 Å². The summed E-state index contributed by atoms with van der Waals surface area (Å²) in [5.74, 6) is -1.76. The van der Waals surface area contributed by atoms with Gasteiger partial charge in [0.1, 0.15) is 23.9 Å². The fraction of sp³-hybridized carbons (Fsp3) is 0.135. The number of rotatable bonds is 13. The number of hydrogen-bond acceptors (Lipinski definition) is 7. The minimum atomic E-state index is -4.84. The average Bonchev–Trinajstić information content (AvgIpc) is 3.10. The lowest BCUT2D eigenvalue weighted by atomic mass is 10.0. The van der Waals surface area contributed by atoms with Gasteiger partial charge < -0.3 is 30.0 Å². The fourth-order valence-electron chi connectivity index (χ4n) is 5.23. The highest BCUT2D eigenvalue weighted by atomic mass is 19.4. The minimum Gasteiger partial charge on any atom is -0.492 e. The molecule has 6 aromatic rings. The molecule has 1 unspecified atom stereocenters. The van der Waals surface area contributed by atoms with Crippen molar-refractivity contribution in [1.82, 2.24) is 10.3 Å². The molecule has 6 rings (SSSR count). The van der Waals surface area contributed by atoms with Gasteiger partial charge in [0.05, 0.1) is 12.1 Å². The molecule has 10 nitrogen and oxygen atoms in total. The van der Waals surface area contributed by atoms with Crippen LogP contribution < -0.4 is 24.8 Å². The number of carboxylic acids is 1. The van der Waals surface area contributed by atoms with Crippen LogP contribution >= 0.6 is 0 Å². The first-order valence-electron chi connectivity index (χ1n) is 15.3. The number of hydrogen-bond donors (Lipinski definition) is 3. The number of aliphatic carboxylic acids is 1. The quantitative estimate of drug-likeness (QED) is 0.112. The van der Waals surface area contributed by atoms with Crippen LogP contribution in [0.4, 0.5) is 18.9 Å². The first-order chi connectivity index (χ1) is 24.0. The number of nitrogens with one attached hydrogen (secondary N) is 2. The second kappa shape index (κ2) is 14.4. The first-order valence-corrected chi connectivity index (χ1v) is 15.3. The number of halogens is 3. The summed E-state index contributed by atoms with van der Waals surface area (Å²) in [6, 6.07) is 27.0. The Hall–Kier alpha value is -6.37. The molecule has 50 heavy (non-hydrogen) atoms. The molecule has 0 spiro atoms. The van der Waals surface area contributed by atoms with Gasteiger partial charge in [-0.1, -0.05) is 18.2 Å². The molecule has 254 valence electrons. The largest absolute Gasteiger partial charge is 0.573 e. The maximum atomic E-state index is 13.0. The van der Waals surface area contributed by atoms with E-state index in [1.807, 2.05) is 24.3 Å². The molecule has 0 aliphatic heterocycles. The van der Waals surface area contributed by atoms with Crippen molar-refractivity contribution in [3.05, 3.63) is 126 Å². The van der Waals surface area contributed by atoms with E-state index in [0.29, 0.717) is 28.1 Å². The lowest BCUT2D eigenvalue weighted by molar-refractivity contribution is -0.274. The second-order valence-corrected chi connectivity index (χ2v) is 11.1. The Kier molecular flexibility index (Phi) is 9.66. The van der Waals surface area contributed by atoms with Crippen molar-refractivity contribution in [3.8, 4) is 17.2 Å². The van der Waals surface area contributed by atoms with E-state index in [-0.39, 0.29) is 37.1 Å². The SMILES string of the molecule is O=C(NCCOc1ccc(CC(Oc2ccc(OC(F)(F)F)cc2)C(=O)O)cc1)c1ccc(NC(=O)c2ccc3cc2c2cc3ccn2)cc1. The second-order valence-electron chi connectivity index (χ2n) is 11.1. The number of carbonyl (C=O) groups is 3. The number of ether oxygens (including phenoxy) is 3. The molecule has 0 saturated heterocycles. The third-order valence-corrected chi connectivity index (χ3v) is 7.65. The van der Waals surface area contributed by atoms with Crippen LogP contribution in [0, 0.1) is 0 Å². The van der Waals surface area contributed by atoms with Crippen LogP contribution in [-0.4, -0.2) is 53.5 Å². The normalized spacial score (nSPS) is 12.0. The van der Waals surface area contributed by atoms with Crippen molar-refractivity contribution in [2.75, 3.05) is 18.5 Å². The summed E-state index contributed by atoms with van der Waals surface area (Å²) in [6.45, 7) is 0.363. The number of alkyl halides is 3. The summed E-state index contributed by atoms with van der Waals surface area (Å²) in [6.07, 6.45) is -4.44. The average molecular weight is 684 g/mol. The minimum absolute atomic E-state index is 0.0188. The monoisotopic (exact) mass is 683 g/mol. The Morgan fingerprint density at radius 1 is 0.780 bits per heavy atom. The molecule has 0 saturated carbocycles. The Morgan fingerprint density at radius 3 is 2.16 bits per heavy atom. The Bertz CT molecular complexity index is 2120. The summed E-state index contributed by atoms with van der Waals surface area (Å²) in [5.41, 5.74) is 2.78. The molecule has 0 aliphatic carbocycles. The molecule has 0 radical (unpaired) electrons.